The number of hydrogen-bond acceptors (Lipinski definition) is 3. The summed E-state index contributed by atoms with van der Waals surface area (Å²) in [6, 6.07) is 6.78. The fourth-order valence-electron chi connectivity index (χ4n) is 2.20. The van der Waals surface area contributed by atoms with Gasteiger partial charge in [-0.15, -0.1) is 0 Å². The van der Waals surface area contributed by atoms with E-state index in [-0.39, 0.29) is 6.42 Å². The molecule has 0 spiro atoms. The van der Waals surface area contributed by atoms with Crippen molar-refractivity contribution in [3.8, 4) is 0 Å². The Bertz CT molecular complexity index is 577. The van der Waals surface area contributed by atoms with E-state index in [1.165, 1.54) is 0 Å². The highest BCUT2D eigenvalue weighted by atomic mass is 16.4. The van der Waals surface area contributed by atoms with Gasteiger partial charge in [0.2, 0.25) is 0 Å². The molecule has 0 fully saturated rings. The topological polar surface area (TPSA) is 94.3 Å². The standard InChI is InChI=1S/C13H17N3O2/c1-16-7-9(8-4-2-3-5-11(8)16)13(15)10(14)6-12(17)18/h2-5,7,10,13H,6,14-15H2,1H3,(H,17,18). The van der Waals surface area contributed by atoms with Crippen LogP contribution in [0.3, 0.4) is 0 Å². The molecule has 0 bridgehead atoms. The molecule has 0 aliphatic heterocycles. The van der Waals surface area contributed by atoms with Crippen molar-refractivity contribution in [2.75, 3.05) is 0 Å². The van der Waals surface area contributed by atoms with Gasteiger partial charge < -0.3 is 21.1 Å². The lowest BCUT2D eigenvalue weighted by molar-refractivity contribution is -0.137. The summed E-state index contributed by atoms with van der Waals surface area (Å²) in [5.41, 5.74) is 13.9. The lowest BCUT2D eigenvalue weighted by Crippen LogP contribution is -2.35. The molecule has 0 amide bonds. The number of carbonyl (C=O) groups is 1. The fourth-order valence-corrected chi connectivity index (χ4v) is 2.20. The Hall–Kier alpha value is -1.85. The minimum atomic E-state index is -0.932. The Morgan fingerprint density at radius 2 is 2.06 bits per heavy atom. The Kier molecular flexibility index (Phi) is 3.36. The number of nitrogens with two attached hydrogens (primary N) is 2. The average Bonchev–Trinajstić information content (AvgIpc) is 2.66. The summed E-state index contributed by atoms with van der Waals surface area (Å²) in [6.45, 7) is 0. The van der Waals surface area contributed by atoms with E-state index in [2.05, 4.69) is 0 Å². The minimum Gasteiger partial charge on any atom is -0.481 e. The van der Waals surface area contributed by atoms with Gasteiger partial charge in [0.25, 0.3) is 0 Å². The molecule has 0 radical (unpaired) electrons. The zero-order valence-corrected chi connectivity index (χ0v) is 10.2. The van der Waals surface area contributed by atoms with Gasteiger partial charge in [0.1, 0.15) is 0 Å². The van der Waals surface area contributed by atoms with Crippen LogP contribution in [0.15, 0.2) is 30.5 Å². The van der Waals surface area contributed by atoms with Crippen molar-refractivity contribution >= 4 is 16.9 Å². The second kappa shape index (κ2) is 4.80. The van der Waals surface area contributed by atoms with Gasteiger partial charge in [-0.3, -0.25) is 4.79 Å². The van der Waals surface area contributed by atoms with E-state index >= 15 is 0 Å². The van der Waals surface area contributed by atoms with Crippen molar-refractivity contribution in [3.63, 3.8) is 0 Å². The van der Waals surface area contributed by atoms with Gasteiger partial charge in [0, 0.05) is 36.2 Å². The number of carboxylic acids is 1. The molecule has 18 heavy (non-hydrogen) atoms. The van der Waals surface area contributed by atoms with E-state index in [4.69, 9.17) is 16.6 Å². The summed E-state index contributed by atoms with van der Waals surface area (Å²) >= 11 is 0. The summed E-state index contributed by atoms with van der Waals surface area (Å²) in [4.78, 5) is 10.7. The quantitative estimate of drug-likeness (QED) is 0.750. The second-order valence-corrected chi connectivity index (χ2v) is 4.50. The van der Waals surface area contributed by atoms with Gasteiger partial charge in [-0.2, -0.15) is 0 Å². The lowest BCUT2D eigenvalue weighted by atomic mass is 9.98. The zero-order valence-electron chi connectivity index (χ0n) is 10.2. The van der Waals surface area contributed by atoms with Gasteiger partial charge in [-0.25, -0.2) is 0 Å². The van der Waals surface area contributed by atoms with E-state index < -0.39 is 18.1 Å². The maximum Gasteiger partial charge on any atom is 0.304 e. The number of fused-ring (bicyclic) bond motifs is 1. The largest absolute Gasteiger partial charge is 0.481 e. The zero-order chi connectivity index (χ0) is 13.3. The molecule has 0 saturated carbocycles. The van der Waals surface area contributed by atoms with Crippen LogP contribution in [0.2, 0.25) is 0 Å². The van der Waals surface area contributed by atoms with Crippen molar-refractivity contribution in [1.82, 2.24) is 4.57 Å². The second-order valence-electron chi connectivity index (χ2n) is 4.50. The van der Waals surface area contributed by atoms with E-state index in [9.17, 15) is 4.79 Å². The van der Waals surface area contributed by atoms with Crippen LogP contribution in [0.5, 0.6) is 0 Å². The van der Waals surface area contributed by atoms with Crippen LogP contribution in [-0.4, -0.2) is 21.7 Å². The molecule has 2 unspecified atom stereocenters. The van der Waals surface area contributed by atoms with Gasteiger partial charge in [-0.1, -0.05) is 18.2 Å². The highest BCUT2D eigenvalue weighted by Gasteiger charge is 2.21. The van der Waals surface area contributed by atoms with Crippen molar-refractivity contribution in [1.29, 1.82) is 0 Å². The van der Waals surface area contributed by atoms with Crippen molar-refractivity contribution in [2.24, 2.45) is 18.5 Å². The van der Waals surface area contributed by atoms with E-state index in [0.717, 1.165) is 16.5 Å². The van der Waals surface area contributed by atoms with Crippen LogP contribution < -0.4 is 11.5 Å². The van der Waals surface area contributed by atoms with Gasteiger partial charge in [0.15, 0.2) is 0 Å². The highest BCUT2D eigenvalue weighted by molar-refractivity contribution is 5.84. The molecule has 96 valence electrons. The molecule has 2 aromatic rings. The Morgan fingerprint density at radius 1 is 1.39 bits per heavy atom. The number of hydrogen-bond donors (Lipinski definition) is 3. The molecule has 1 aromatic carbocycles. The molecule has 5 heteroatoms. The molecule has 1 aromatic heterocycles. The number of aliphatic carboxylic acids is 1. The summed E-state index contributed by atoms with van der Waals surface area (Å²) in [7, 11) is 1.93. The molecule has 5 nitrogen and oxygen atoms in total. The van der Waals surface area contributed by atoms with Gasteiger partial charge in [0.05, 0.1) is 6.42 Å². The molecule has 2 atom stereocenters. The van der Waals surface area contributed by atoms with Crippen LogP contribution in [0.25, 0.3) is 10.9 Å². The van der Waals surface area contributed by atoms with Crippen molar-refractivity contribution in [2.45, 2.75) is 18.5 Å². The Morgan fingerprint density at radius 3 is 2.72 bits per heavy atom. The molecule has 1 heterocycles. The number of benzene rings is 1. The number of aromatic nitrogens is 1. The molecule has 5 N–H and O–H groups in total. The molecule has 2 rings (SSSR count). The smallest absolute Gasteiger partial charge is 0.304 e. The molecular weight excluding hydrogens is 230 g/mol. The first-order valence-electron chi connectivity index (χ1n) is 5.77. The van der Waals surface area contributed by atoms with Crippen LogP contribution in [0, 0.1) is 0 Å². The first-order valence-corrected chi connectivity index (χ1v) is 5.77. The van der Waals surface area contributed by atoms with E-state index in [1.54, 1.807) is 0 Å². The number of para-hydroxylation sites is 1. The van der Waals surface area contributed by atoms with E-state index in [1.807, 2.05) is 42.1 Å². The normalized spacial score (nSPS) is 14.6. The van der Waals surface area contributed by atoms with Crippen LogP contribution >= 0.6 is 0 Å². The highest BCUT2D eigenvalue weighted by Crippen LogP contribution is 2.26. The summed E-state index contributed by atoms with van der Waals surface area (Å²) in [6.07, 6.45) is 1.78. The summed E-state index contributed by atoms with van der Waals surface area (Å²) < 4.78 is 1.97. The molecular formula is C13H17N3O2. The number of aryl methyl sites for hydroxylation is 1. The third kappa shape index (κ3) is 2.23. The number of nitrogens with zero attached hydrogens (tertiary/aromatic N) is 1. The maximum absolute atomic E-state index is 10.7. The third-order valence-corrected chi connectivity index (χ3v) is 3.16. The SMILES string of the molecule is Cn1cc(C(N)C(N)CC(=O)O)c2ccccc21. The molecule has 0 saturated heterocycles. The Labute approximate surface area is 105 Å². The monoisotopic (exact) mass is 247 g/mol. The average molecular weight is 247 g/mol. The maximum atomic E-state index is 10.7. The van der Waals surface area contributed by atoms with Crippen LogP contribution in [0.1, 0.15) is 18.0 Å². The predicted octanol–water partition coefficient (Wildman–Crippen LogP) is 0.980. The Balaban J connectivity index is 2.39. The number of rotatable bonds is 4. The van der Waals surface area contributed by atoms with Crippen LogP contribution in [0.4, 0.5) is 0 Å². The minimum absolute atomic E-state index is 0.135. The predicted molar refractivity (Wildman–Crippen MR) is 70.1 cm³/mol. The van der Waals surface area contributed by atoms with Crippen molar-refractivity contribution in [3.05, 3.63) is 36.0 Å². The lowest BCUT2D eigenvalue weighted by Gasteiger charge is -2.17. The fraction of sp³-hybridized carbons (Fsp3) is 0.308. The van der Waals surface area contributed by atoms with Crippen molar-refractivity contribution < 1.29 is 9.90 Å². The first kappa shape index (κ1) is 12.6. The molecule has 0 aliphatic carbocycles. The summed E-state index contributed by atoms with van der Waals surface area (Å²) in [5, 5.41) is 9.78. The first-order chi connectivity index (χ1) is 8.50. The number of carboxylic acid groups (broad SMARTS) is 1. The molecule has 0 aliphatic rings. The summed E-state index contributed by atoms with van der Waals surface area (Å²) in [5.74, 6) is -0.932. The van der Waals surface area contributed by atoms with Crippen LogP contribution in [-0.2, 0) is 11.8 Å². The van der Waals surface area contributed by atoms with Gasteiger partial charge >= 0.3 is 5.97 Å². The van der Waals surface area contributed by atoms with E-state index in [0.29, 0.717) is 0 Å². The van der Waals surface area contributed by atoms with Gasteiger partial charge in [-0.05, 0) is 11.6 Å². The third-order valence-electron chi connectivity index (χ3n) is 3.16.